The Hall–Kier alpha value is -2.25. The molecule has 7 heteroatoms. The van der Waals surface area contributed by atoms with Gasteiger partial charge in [-0.2, -0.15) is 5.10 Å². The molecule has 0 radical (unpaired) electrons. The third-order valence-electron chi connectivity index (χ3n) is 4.03. The third-order valence-corrected chi connectivity index (χ3v) is 4.03. The molecule has 1 N–H and O–H groups in total. The fourth-order valence-corrected chi connectivity index (χ4v) is 2.84. The van der Waals surface area contributed by atoms with Gasteiger partial charge in [0.1, 0.15) is 11.6 Å². The molecule has 1 amide bonds. The molecular formula is C17H21FN4O2. The molecular weight excluding hydrogens is 311 g/mol. The summed E-state index contributed by atoms with van der Waals surface area (Å²) in [6, 6.07) is 8.13. The standard InChI is InChI=1S/C17H21FN4O2/c1-12-9-16(21(2)20-12)19-17(23)11-22-7-8-24-15(10-22)13-3-5-14(18)6-4-13/h3-6,9,15H,7-8,10-11H2,1-2H3,(H,19,23). The number of morpholine rings is 1. The number of amides is 1. The van der Waals surface area contributed by atoms with E-state index in [9.17, 15) is 9.18 Å². The number of nitrogens with one attached hydrogen (secondary N) is 1. The lowest BCUT2D eigenvalue weighted by molar-refractivity contribution is -0.119. The van der Waals surface area contributed by atoms with Crippen LogP contribution in [-0.2, 0) is 16.6 Å². The van der Waals surface area contributed by atoms with Gasteiger partial charge >= 0.3 is 0 Å². The normalized spacial score (nSPS) is 18.5. The average Bonchev–Trinajstić information content (AvgIpc) is 2.85. The Bertz CT molecular complexity index is 714. The highest BCUT2D eigenvalue weighted by molar-refractivity contribution is 5.91. The minimum atomic E-state index is -0.266. The largest absolute Gasteiger partial charge is 0.371 e. The Kier molecular flexibility index (Phi) is 4.92. The lowest BCUT2D eigenvalue weighted by Gasteiger charge is -2.32. The molecule has 0 bridgehead atoms. The SMILES string of the molecule is Cc1cc(NC(=O)CN2CCOC(c3ccc(F)cc3)C2)n(C)n1. The van der Waals surface area contributed by atoms with E-state index in [1.807, 2.05) is 17.9 Å². The monoisotopic (exact) mass is 332 g/mol. The van der Waals surface area contributed by atoms with E-state index in [0.29, 0.717) is 25.5 Å². The van der Waals surface area contributed by atoms with Crippen LogP contribution in [0.1, 0.15) is 17.4 Å². The number of benzene rings is 1. The molecule has 1 aliphatic heterocycles. The van der Waals surface area contributed by atoms with Gasteiger partial charge in [0, 0.05) is 26.2 Å². The fraction of sp³-hybridized carbons (Fsp3) is 0.412. The molecule has 6 nitrogen and oxygen atoms in total. The van der Waals surface area contributed by atoms with Gasteiger partial charge in [-0.25, -0.2) is 4.39 Å². The van der Waals surface area contributed by atoms with Crippen LogP contribution in [0.5, 0.6) is 0 Å². The first-order valence-corrected chi connectivity index (χ1v) is 7.91. The first kappa shape index (κ1) is 16.6. The van der Waals surface area contributed by atoms with Gasteiger partial charge in [-0.05, 0) is 24.6 Å². The molecule has 1 aromatic heterocycles. The molecule has 128 valence electrons. The zero-order chi connectivity index (χ0) is 17.1. The molecule has 1 fully saturated rings. The summed E-state index contributed by atoms with van der Waals surface area (Å²) in [5, 5.41) is 7.08. The lowest BCUT2D eigenvalue weighted by atomic mass is 10.1. The molecule has 24 heavy (non-hydrogen) atoms. The molecule has 1 unspecified atom stereocenters. The maximum absolute atomic E-state index is 13.0. The van der Waals surface area contributed by atoms with Crippen molar-refractivity contribution in [2.24, 2.45) is 7.05 Å². The number of carbonyl (C=O) groups is 1. The summed E-state index contributed by atoms with van der Waals surface area (Å²) in [5.74, 6) is 0.330. The summed E-state index contributed by atoms with van der Waals surface area (Å²) in [6.45, 7) is 4.00. The van der Waals surface area contributed by atoms with Crippen LogP contribution in [0.3, 0.4) is 0 Å². The van der Waals surface area contributed by atoms with E-state index in [4.69, 9.17) is 4.74 Å². The van der Waals surface area contributed by atoms with Gasteiger partial charge in [0.15, 0.2) is 0 Å². The van der Waals surface area contributed by atoms with Crippen LogP contribution >= 0.6 is 0 Å². The molecule has 1 aliphatic rings. The molecule has 2 heterocycles. The smallest absolute Gasteiger partial charge is 0.239 e. The van der Waals surface area contributed by atoms with Gasteiger partial charge in [-0.15, -0.1) is 0 Å². The first-order chi connectivity index (χ1) is 11.5. The van der Waals surface area contributed by atoms with E-state index in [1.165, 1.54) is 12.1 Å². The number of aryl methyl sites for hydroxylation is 2. The van der Waals surface area contributed by atoms with E-state index in [-0.39, 0.29) is 24.4 Å². The second-order valence-corrected chi connectivity index (χ2v) is 5.99. The number of hydrogen-bond donors (Lipinski definition) is 1. The lowest BCUT2D eigenvalue weighted by Crippen LogP contribution is -2.42. The number of carbonyl (C=O) groups excluding carboxylic acids is 1. The van der Waals surface area contributed by atoms with Crippen LogP contribution in [0.25, 0.3) is 0 Å². The van der Waals surface area contributed by atoms with Crippen molar-refractivity contribution in [3.63, 3.8) is 0 Å². The zero-order valence-corrected chi connectivity index (χ0v) is 13.8. The topological polar surface area (TPSA) is 59.4 Å². The van der Waals surface area contributed by atoms with Crippen molar-refractivity contribution < 1.29 is 13.9 Å². The van der Waals surface area contributed by atoms with Crippen LogP contribution in [0.4, 0.5) is 10.2 Å². The molecule has 0 spiro atoms. The van der Waals surface area contributed by atoms with Gasteiger partial charge in [0.05, 0.1) is 24.9 Å². The molecule has 0 saturated carbocycles. The Balaban J connectivity index is 1.57. The van der Waals surface area contributed by atoms with E-state index >= 15 is 0 Å². The number of halogens is 1. The Labute approximate surface area is 140 Å². The molecule has 1 aromatic carbocycles. The van der Waals surface area contributed by atoms with Gasteiger partial charge in [-0.3, -0.25) is 14.4 Å². The van der Waals surface area contributed by atoms with Crippen LogP contribution in [0.15, 0.2) is 30.3 Å². The number of anilines is 1. The number of ether oxygens (including phenoxy) is 1. The van der Waals surface area contributed by atoms with Crippen molar-refractivity contribution in [3.05, 3.63) is 47.4 Å². The quantitative estimate of drug-likeness (QED) is 0.929. The second-order valence-electron chi connectivity index (χ2n) is 5.99. The van der Waals surface area contributed by atoms with Crippen molar-refractivity contribution in [2.45, 2.75) is 13.0 Å². The van der Waals surface area contributed by atoms with Crippen LogP contribution in [-0.4, -0.2) is 46.8 Å². The van der Waals surface area contributed by atoms with E-state index in [1.54, 1.807) is 23.9 Å². The summed E-state index contributed by atoms with van der Waals surface area (Å²) >= 11 is 0. The van der Waals surface area contributed by atoms with Gasteiger partial charge in [0.2, 0.25) is 5.91 Å². The van der Waals surface area contributed by atoms with Crippen molar-refractivity contribution in [1.82, 2.24) is 14.7 Å². The van der Waals surface area contributed by atoms with Crippen molar-refractivity contribution >= 4 is 11.7 Å². The van der Waals surface area contributed by atoms with E-state index in [2.05, 4.69) is 10.4 Å². The van der Waals surface area contributed by atoms with E-state index < -0.39 is 0 Å². The predicted molar refractivity (Wildman–Crippen MR) is 88.1 cm³/mol. The van der Waals surface area contributed by atoms with Crippen molar-refractivity contribution in [2.75, 3.05) is 31.6 Å². The van der Waals surface area contributed by atoms with Crippen molar-refractivity contribution in [1.29, 1.82) is 0 Å². The Morgan fingerprint density at radius 3 is 2.83 bits per heavy atom. The highest BCUT2D eigenvalue weighted by Gasteiger charge is 2.23. The summed E-state index contributed by atoms with van der Waals surface area (Å²) < 4.78 is 20.4. The number of rotatable bonds is 4. The fourth-order valence-electron chi connectivity index (χ4n) is 2.84. The second kappa shape index (κ2) is 7.11. The maximum Gasteiger partial charge on any atom is 0.239 e. The summed E-state index contributed by atoms with van der Waals surface area (Å²) in [7, 11) is 1.79. The minimum Gasteiger partial charge on any atom is -0.371 e. The number of aromatic nitrogens is 2. The first-order valence-electron chi connectivity index (χ1n) is 7.91. The highest BCUT2D eigenvalue weighted by atomic mass is 19.1. The predicted octanol–water partition coefficient (Wildman–Crippen LogP) is 1.88. The van der Waals surface area contributed by atoms with Crippen LogP contribution in [0, 0.1) is 12.7 Å². The third kappa shape index (κ3) is 3.98. The van der Waals surface area contributed by atoms with Gasteiger partial charge < -0.3 is 10.1 Å². The minimum absolute atomic E-state index is 0.0854. The van der Waals surface area contributed by atoms with Crippen LogP contribution in [0.2, 0.25) is 0 Å². The zero-order valence-electron chi connectivity index (χ0n) is 13.8. The average molecular weight is 332 g/mol. The summed E-state index contributed by atoms with van der Waals surface area (Å²) in [6.07, 6.45) is -0.147. The molecule has 3 rings (SSSR count). The number of nitrogens with zero attached hydrogens (tertiary/aromatic N) is 3. The maximum atomic E-state index is 13.0. The summed E-state index contributed by atoms with van der Waals surface area (Å²) in [4.78, 5) is 14.3. The van der Waals surface area contributed by atoms with E-state index in [0.717, 1.165) is 11.3 Å². The van der Waals surface area contributed by atoms with Gasteiger partial charge in [0.25, 0.3) is 0 Å². The summed E-state index contributed by atoms with van der Waals surface area (Å²) in [5.41, 5.74) is 1.78. The van der Waals surface area contributed by atoms with Crippen molar-refractivity contribution in [3.8, 4) is 0 Å². The Morgan fingerprint density at radius 2 is 2.17 bits per heavy atom. The Morgan fingerprint density at radius 1 is 1.42 bits per heavy atom. The molecule has 1 atom stereocenters. The highest BCUT2D eigenvalue weighted by Crippen LogP contribution is 2.22. The molecule has 0 aliphatic carbocycles. The van der Waals surface area contributed by atoms with Crippen LogP contribution < -0.4 is 5.32 Å². The molecule has 1 saturated heterocycles. The number of hydrogen-bond acceptors (Lipinski definition) is 4. The molecule has 2 aromatic rings. The van der Waals surface area contributed by atoms with Gasteiger partial charge in [-0.1, -0.05) is 12.1 Å².